The topological polar surface area (TPSA) is 52.6 Å². The number of rotatable bonds is 6. The average molecular weight is 312 g/mol. The lowest BCUT2D eigenvalue weighted by Gasteiger charge is -2.22. The molecule has 4 nitrogen and oxygen atoms in total. The van der Waals surface area contributed by atoms with E-state index in [0.29, 0.717) is 31.5 Å². The molecule has 1 fully saturated rings. The van der Waals surface area contributed by atoms with E-state index in [1.807, 2.05) is 27.7 Å². The SMILES string of the molecule is CC(C)COC(=O)C1CCCC(C)C(C(=O)OCC(C)C)C1. The maximum absolute atomic E-state index is 12.3. The molecule has 0 aliphatic heterocycles. The van der Waals surface area contributed by atoms with E-state index in [1.54, 1.807) is 0 Å². The molecule has 0 N–H and O–H groups in total. The Kier molecular flexibility index (Phi) is 7.91. The fourth-order valence-corrected chi connectivity index (χ4v) is 2.81. The minimum atomic E-state index is -0.183. The number of esters is 2. The van der Waals surface area contributed by atoms with Gasteiger partial charge in [-0.3, -0.25) is 9.59 Å². The Labute approximate surface area is 134 Å². The molecule has 0 amide bonds. The van der Waals surface area contributed by atoms with Crippen LogP contribution < -0.4 is 0 Å². The van der Waals surface area contributed by atoms with Gasteiger partial charge in [0.15, 0.2) is 0 Å². The van der Waals surface area contributed by atoms with Gasteiger partial charge >= 0.3 is 11.9 Å². The molecule has 0 spiro atoms. The second kappa shape index (κ2) is 9.16. The zero-order chi connectivity index (χ0) is 16.7. The van der Waals surface area contributed by atoms with Gasteiger partial charge in [0.2, 0.25) is 0 Å². The Morgan fingerprint density at radius 1 is 0.955 bits per heavy atom. The first-order chi connectivity index (χ1) is 10.3. The first-order valence-corrected chi connectivity index (χ1v) is 8.64. The van der Waals surface area contributed by atoms with Crippen LogP contribution in [0.15, 0.2) is 0 Å². The number of carbonyl (C=O) groups is 2. The first-order valence-electron chi connectivity index (χ1n) is 8.64. The van der Waals surface area contributed by atoms with Crippen LogP contribution in [0.25, 0.3) is 0 Å². The standard InChI is InChI=1S/C18H32O4/c1-12(2)10-21-17(19)15-8-6-7-14(5)16(9-15)18(20)22-11-13(3)4/h12-16H,6-11H2,1-5H3. The highest BCUT2D eigenvalue weighted by Crippen LogP contribution is 2.33. The van der Waals surface area contributed by atoms with Crippen molar-refractivity contribution in [3.63, 3.8) is 0 Å². The fraction of sp³-hybridized carbons (Fsp3) is 0.889. The Balaban J connectivity index is 2.63. The molecule has 0 aromatic rings. The largest absolute Gasteiger partial charge is 0.465 e. The summed E-state index contributed by atoms with van der Waals surface area (Å²) in [6.07, 6.45) is 3.32. The van der Waals surface area contributed by atoms with Gasteiger partial charge in [-0.15, -0.1) is 0 Å². The van der Waals surface area contributed by atoms with Crippen molar-refractivity contribution in [3.8, 4) is 0 Å². The maximum atomic E-state index is 12.3. The Morgan fingerprint density at radius 3 is 2.05 bits per heavy atom. The molecule has 0 aromatic carbocycles. The predicted molar refractivity (Wildman–Crippen MR) is 86.2 cm³/mol. The molecule has 1 saturated carbocycles. The third-order valence-electron chi connectivity index (χ3n) is 4.19. The van der Waals surface area contributed by atoms with Crippen LogP contribution in [0.2, 0.25) is 0 Å². The van der Waals surface area contributed by atoms with Crippen LogP contribution in [0.1, 0.15) is 60.3 Å². The van der Waals surface area contributed by atoms with Crippen molar-refractivity contribution in [1.29, 1.82) is 0 Å². The second-order valence-corrected chi connectivity index (χ2v) is 7.50. The van der Waals surface area contributed by atoms with E-state index in [0.717, 1.165) is 19.3 Å². The van der Waals surface area contributed by atoms with E-state index in [2.05, 4.69) is 6.92 Å². The third-order valence-corrected chi connectivity index (χ3v) is 4.19. The van der Waals surface area contributed by atoms with E-state index >= 15 is 0 Å². The van der Waals surface area contributed by atoms with Crippen LogP contribution in [0.5, 0.6) is 0 Å². The molecule has 128 valence electrons. The molecule has 3 unspecified atom stereocenters. The van der Waals surface area contributed by atoms with Crippen molar-refractivity contribution in [3.05, 3.63) is 0 Å². The molecule has 22 heavy (non-hydrogen) atoms. The highest BCUT2D eigenvalue weighted by Gasteiger charge is 2.35. The van der Waals surface area contributed by atoms with Crippen molar-refractivity contribution < 1.29 is 19.1 Å². The summed E-state index contributed by atoms with van der Waals surface area (Å²) < 4.78 is 10.8. The summed E-state index contributed by atoms with van der Waals surface area (Å²) in [6.45, 7) is 11.1. The van der Waals surface area contributed by atoms with Crippen molar-refractivity contribution in [2.24, 2.45) is 29.6 Å². The van der Waals surface area contributed by atoms with Crippen molar-refractivity contribution >= 4 is 11.9 Å². The lowest BCUT2D eigenvalue weighted by Crippen LogP contribution is -2.29. The zero-order valence-corrected chi connectivity index (χ0v) is 14.8. The summed E-state index contributed by atoms with van der Waals surface area (Å²) in [4.78, 5) is 24.5. The van der Waals surface area contributed by atoms with Crippen LogP contribution >= 0.6 is 0 Å². The minimum absolute atomic E-state index is 0.148. The van der Waals surface area contributed by atoms with Crippen molar-refractivity contribution in [1.82, 2.24) is 0 Å². The predicted octanol–water partition coefficient (Wildman–Crippen LogP) is 3.83. The summed E-state index contributed by atoms with van der Waals surface area (Å²) in [5.74, 6) is 0.284. The van der Waals surface area contributed by atoms with Crippen LogP contribution in [0.3, 0.4) is 0 Å². The van der Waals surface area contributed by atoms with E-state index in [1.165, 1.54) is 0 Å². The Bertz CT molecular complexity index is 362. The van der Waals surface area contributed by atoms with Crippen molar-refractivity contribution in [2.75, 3.05) is 13.2 Å². The molecule has 1 rings (SSSR count). The monoisotopic (exact) mass is 312 g/mol. The highest BCUT2D eigenvalue weighted by molar-refractivity contribution is 5.76. The van der Waals surface area contributed by atoms with Gasteiger partial charge in [-0.2, -0.15) is 0 Å². The molecule has 4 heteroatoms. The van der Waals surface area contributed by atoms with Crippen LogP contribution in [-0.2, 0) is 19.1 Å². The summed E-state index contributed by atoms with van der Waals surface area (Å²) in [5, 5.41) is 0. The molecule has 0 heterocycles. The Morgan fingerprint density at radius 2 is 1.50 bits per heavy atom. The molecule has 0 radical (unpaired) electrons. The van der Waals surface area contributed by atoms with Gasteiger partial charge in [0.1, 0.15) is 0 Å². The van der Waals surface area contributed by atoms with Gasteiger partial charge in [-0.05, 0) is 37.0 Å². The summed E-state index contributed by atoms with van der Waals surface area (Å²) in [6, 6.07) is 0. The highest BCUT2D eigenvalue weighted by atomic mass is 16.5. The van der Waals surface area contributed by atoms with Gasteiger partial charge in [0.25, 0.3) is 0 Å². The average Bonchev–Trinajstić information content (AvgIpc) is 2.64. The lowest BCUT2D eigenvalue weighted by molar-refractivity contribution is -0.155. The summed E-state index contributed by atoms with van der Waals surface area (Å²) in [5.41, 5.74) is 0. The molecule has 3 atom stereocenters. The fourth-order valence-electron chi connectivity index (χ4n) is 2.81. The molecular formula is C18H32O4. The summed E-state index contributed by atoms with van der Waals surface area (Å²) in [7, 11) is 0. The number of carbonyl (C=O) groups excluding carboxylic acids is 2. The minimum Gasteiger partial charge on any atom is -0.465 e. The second-order valence-electron chi connectivity index (χ2n) is 7.50. The molecule has 1 aliphatic carbocycles. The lowest BCUT2D eigenvalue weighted by atomic mass is 9.87. The van der Waals surface area contributed by atoms with Crippen LogP contribution in [-0.4, -0.2) is 25.2 Å². The zero-order valence-electron chi connectivity index (χ0n) is 14.8. The molecule has 0 aromatic heterocycles. The molecule has 0 bridgehead atoms. The van der Waals surface area contributed by atoms with Crippen LogP contribution in [0.4, 0.5) is 0 Å². The Hall–Kier alpha value is -1.06. The normalized spacial score (nSPS) is 25.9. The van der Waals surface area contributed by atoms with Crippen molar-refractivity contribution in [2.45, 2.75) is 60.3 Å². The van der Waals surface area contributed by atoms with E-state index in [9.17, 15) is 9.59 Å². The molecule has 0 saturated heterocycles. The van der Waals surface area contributed by atoms with Crippen LogP contribution in [0, 0.1) is 29.6 Å². The van der Waals surface area contributed by atoms with E-state index in [-0.39, 0.29) is 29.7 Å². The quantitative estimate of drug-likeness (QED) is 0.552. The molecule has 1 aliphatic rings. The molecular weight excluding hydrogens is 280 g/mol. The van der Waals surface area contributed by atoms with E-state index < -0.39 is 0 Å². The smallest absolute Gasteiger partial charge is 0.309 e. The van der Waals surface area contributed by atoms with Gasteiger partial charge in [-0.25, -0.2) is 0 Å². The number of hydrogen-bond acceptors (Lipinski definition) is 4. The first kappa shape index (κ1) is 19.0. The van der Waals surface area contributed by atoms with Gasteiger partial charge in [-0.1, -0.05) is 41.0 Å². The number of hydrogen-bond donors (Lipinski definition) is 0. The van der Waals surface area contributed by atoms with Gasteiger partial charge in [0.05, 0.1) is 25.0 Å². The third kappa shape index (κ3) is 6.37. The van der Waals surface area contributed by atoms with Gasteiger partial charge in [0, 0.05) is 0 Å². The van der Waals surface area contributed by atoms with E-state index in [4.69, 9.17) is 9.47 Å². The summed E-state index contributed by atoms with van der Waals surface area (Å²) >= 11 is 0. The number of ether oxygens (including phenoxy) is 2. The van der Waals surface area contributed by atoms with Gasteiger partial charge < -0.3 is 9.47 Å². The maximum Gasteiger partial charge on any atom is 0.309 e.